The molecule has 3 fully saturated rings. The van der Waals surface area contributed by atoms with Gasteiger partial charge in [0.25, 0.3) is 0 Å². The minimum absolute atomic E-state index is 0.347. The van der Waals surface area contributed by atoms with E-state index in [1.54, 1.807) is 6.26 Å². The van der Waals surface area contributed by atoms with Gasteiger partial charge in [-0.2, -0.15) is 0 Å². The molecule has 182 valence electrons. The van der Waals surface area contributed by atoms with Crippen LogP contribution in [-0.4, -0.2) is 35.5 Å². The van der Waals surface area contributed by atoms with Crippen molar-refractivity contribution in [3.63, 3.8) is 0 Å². The highest BCUT2D eigenvalue weighted by atomic mass is 16.5. The SMILES string of the molecule is CC(CCCOC1CC2CCC(C1)C2c1nc2ccc(OCC3CC3)cc2o1)Nc1ccon1. The lowest BCUT2D eigenvalue weighted by atomic mass is 9.77. The second-order valence-electron chi connectivity index (χ2n) is 10.6. The fraction of sp³-hybridized carbons (Fsp3) is 0.630. The van der Waals surface area contributed by atoms with Crippen molar-refractivity contribution < 1.29 is 18.4 Å². The van der Waals surface area contributed by atoms with E-state index < -0.39 is 0 Å². The van der Waals surface area contributed by atoms with Crippen LogP contribution >= 0.6 is 0 Å². The fourth-order valence-corrected chi connectivity index (χ4v) is 5.92. The third kappa shape index (κ3) is 4.95. The van der Waals surface area contributed by atoms with Crippen LogP contribution in [0.15, 0.2) is 39.5 Å². The first-order valence-corrected chi connectivity index (χ1v) is 13.0. The van der Waals surface area contributed by atoms with E-state index in [1.807, 2.05) is 24.3 Å². The Balaban J connectivity index is 1.00. The highest BCUT2D eigenvalue weighted by molar-refractivity contribution is 5.74. The Bertz CT molecular complexity index is 1060. The number of ether oxygens (including phenoxy) is 2. The molecule has 0 radical (unpaired) electrons. The molecule has 7 heteroatoms. The molecule has 0 amide bonds. The average Bonchev–Trinajstić information content (AvgIpc) is 3.22. The summed E-state index contributed by atoms with van der Waals surface area (Å²) in [5, 5.41) is 7.26. The molecular formula is C27H35N3O4. The van der Waals surface area contributed by atoms with E-state index in [1.165, 1.54) is 25.7 Å². The second-order valence-corrected chi connectivity index (χ2v) is 10.6. The Kier molecular flexibility index (Phi) is 6.20. The lowest BCUT2D eigenvalue weighted by Crippen LogP contribution is -2.30. The van der Waals surface area contributed by atoms with Crippen LogP contribution in [0.4, 0.5) is 5.82 Å². The van der Waals surface area contributed by atoms with Crippen molar-refractivity contribution in [3.8, 4) is 5.75 Å². The van der Waals surface area contributed by atoms with Crippen LogP contribution in [0.25, 0.3) is 11.1 Å². The third-order valence-electron chi connectivity index (χ3n) is 7.87. The summed E-state index contributed by atoms with van der Waals surface area (Å²) >= 11 is 0. The van der Waals surface area contributed by atoms with Gasteiger partial charge in [0.15, 0.2) is 17.3 Å². The van der Waals surface area contributed by atoms with Gasteiger partial charge < -0.3 is 23.7 Å². The summed E-state index contributed by atoms with van der Waals surface area (Å²) in [6, 6.07) is 8.28. The van der Waals surface area contributed by atoms with Gasteiger partial charge in [-0.15, -0.1) is 0 Å². The summed E-state index contributed by atoms with van der Waals surface area (Å²) in [6.07, 6.45) is 11.4. The lowest BCUT2D eigenvalue weighted by molar-refractivity contribution is -0.00111. The molecule has 3 aromatic rings. The van der Waals surface area contributed by atoms with Gasteiger partial charge in [0.1, 0.15) is 17.5 Å². The fourth-order valence-electron chi connectivity index (χ4n) is 5.92. The maximum Gasteiger partial charge on any atom is 0.199 e. The summed E-state index contributed by atoms with van der Waals surface area (Å²) < 4.78 is 23.4. The van der Waals surface area contributed by atoms with Gasteiger partial charge in [0, 0.05) is 30.7 Å². The number of rotatable bonds is 11. The molecular weight excluding hydrogens is 430 g/mol. The van der Waals surface area contributed by atoms with Gasteiger partial charge in [-0.1, -0.05) is 5.16 Å². The Morgan fingerprint density at radius 3 is 2.74 bits per heavy atom. The van der Waals surface area contributed by atoms with E-state index in [9.17, 15) is 0 Å². The summed E-state index contributed by atoms with van der Waals surface area (Å²) in [4.78, 5) is 4.89. The molecule has 2 aromatic heterocycles. The predicted molar refractivity (Wildman–Crippen MR) is 129 cm³/mol. The molecule has 2 heterocycles. The first-order chi connectivity index (χ1) is 16.7. The molecule has 34 heavy (non-hydrogen) atoms. The Morgan fingerprint density at radius 2 is 1.97 bits per heavy atom. The molecule has 7 nitrogen and oxygen atoms in total. The largest absolute Gasteiger partial charge is 0.493 e. The number of aromatic nitrogens is 2. The van der Waals surface area contributed by atoms with Gasteiger partial charge in [0.2, 0.25) is 0 Å². The molecule has 3 saturated carbocycles. The van der Waals surface area contributed by atoms with E-state index in [0.717, 1.165) is 73.4 Å². The van der Waals surface area contributed by atoms with E-state index >= 15 is 0 Å². The smallest absolute Gasteiger partial charge is 0.199 e. The molecule has 1 N–H and O–H groups in total. The molecule has 0 aliphatic heterocycles. The van der Waals surface area contributed by atoms with Crippen LogP contribution in [-0.2, 0) is 4.74 Å². The van der Waals surface area contributed by atoms with Crippen molar-refractivity contribution in [1.82, 2.24) is 10.1 Å². The van der Waals surface area contributed by atoms with Crippen LogP contribution < -0.4 is 10.1 Å². The lowest BCUT2D eigenvalue weighted by Gasteiger charge is -2.33. The maximum absolute atomic E-state index is 6.33. The number of fused-ring (bicyclic) bond motifs is 3. The first-order valence-electron chi connectivity index (χ1n) is 13.0. The van der Waals surface area contributed by atoms with Crippen molar-refractivity contribution in [2.45, 2.75) is 76.4 Å². The molecule has 0 saturated heterocycles. The third-order valence-corrected chi connectivity index (χ3v) is 7.87. The van der Waals surface area contributed by atoms with Crippen LogP contribution in [0.1, 0.15) is 70.1 Å². The number of nitrogens with one attached hydrogen (secondary N) is 1. The number of hydrogen-bond acceptors (Lipinski definition) is 7. The monoisotopic (exact) mass is 465 g/mol. The Morgan fingerprint density at radius 1 is 1.12 bits per heavy atom. The maximum atomic E-state index is 6.33. The molecule has 6 rings (SSSR count). The molecule has 1 aromatic carbocycles. The average molecular weight is 466 g/mol. The molecule has 3 atom stereocenters. The minimum atomic E-state index is 0.347. The van der Waals surface area contributed by atoms with Gasteiger partial charge in [-0.3, -0.25) is 0 Å². The molecule has 2 bridgehead atoms. The normalized spacial score (nSPS) is 27.2. The van der Waals surface area contributed by atoms with E-state index in [2.05, 4.69) is 17.4 Å². The standard InChI is InChI=1S/C27H35N3O4/c1-17(28-25-10-12-33-30-25)3-2-11-31-22-13-19-6-7-20(14-22)26(19)27-29-23-9-8-21(15-24(23)34-27)32-16-18-4-5-18/h8-10,12,15,17-20,22,26H,2-7,11,13-14,16H2,1H3,(H,28,30). The predicted octanol–water partition coefficient (Wildman–Crippen LogP) is 6.17. The Labute approximate surface area is 200 Å². The van der Waals surface area contributed by atoms with Crippen LogP contribution in [0, 0.1) is 17.8 Å². The topological polar surface area (TPSA) is 82.5 Å². The molecule has 3 unspecified atom stereocenters. The van der Waals surface area contributed by atoms with E-state index in [4.69, 9.17) is 23.4 Å². The van der Waals surface area contributed by atoms with Crippen molar-refractivity contribution in [1.29, 1.82) is 0 Å². The number of hydrogen-bond donors (Lipinski definition) is 1. The van der Waals surface area contributed by atoms with Crippen molar-refractivity contribution in [3.05, 3.63) is 36.4 Å². The molecule has 3 aliphatic rings. The van der Waals surface area contributed by atoms with Crippen molar-refractivity contribution in [2.75, 3.05) is 18.5 Å². The van der Waals surface area contributed by atoms with Crippen LogP contribution in [0.5, 0.6) is 5.75 Å². The van der Waals surface area contributed by atoms with Gasteiger partial charge in [0.05, 0.1) is 12.7 Å². The minimum Gasteiger partial charge on any atom is -0.493 e. The number of oxazole rings is 1. The first kappa shape index (κ1) is 22.0. The quantitative estimate of drug-likeness (QED) is 0.339. The summed E-state index contributed by atoms with van der Waals surface area (Å²) in [7, 11) is 0. The number of benzene rings is 1. The van der Waals surface area contributed by atoms with E-state index in [-0.39, 0.29) is 0 Å². The summed E-state index contributed by atoms with van der Waals surface area (Å²) in [5.41, 5.74) is 1.80. The van der Waals surface area contributed by atoms with Crippen molar-refractivity contribution >= 4 is 16.9 Å². The van der Waals surface area contributed by atoms with Gasteiger partial charge >= 0.3 is 0 Å². The van der Waals surface area contributed by atoms with Crippen LogP contribution in [0.2, 0.25) is 0 Å². The zero-order valence-corrected chi connectivity index (χ0v) is 19.9. The molecule has 0 spiro atoms. The number of nitrogens with zero attached hydrogens (tertiary/aromatic N) is 2. The van der Waals surface area contributed by atoms with Crippen LogP contribution in [0.3, 0.4) is 0 Å². The highest BCUT2D eigenvalue weighted by Crippen LogP contribution is 2.53. The van der Waals surface area contributed by atoms with Crippen molar-refractivity contribution in [2.24, 2.45) is 17.8 Å². The zero-order chi connectivity index (χ0) is 22.9. The Hall–Kier alpha value is -2.54. The van der Waals surface area contributed by atoms with Gasteiger partial charge in [-0.05, 0) is 88.2 Å². The summed E-state index contributed by atoms with van der Waals surface area (Å²) in [6.45, 7) is 3.80. The highest BCUT2D eigenvalue weighted by Gasteiger charge is 2.46. The summed E-state index contributed by atoms with van der Waals surface area (Å²) in [5.74, 6) is 5.00. The van der Waals surface area contributed by atoms with Gasteiger partial charge in [-0.25, -0.2) is 4.98 Å². The zero-order valence-electron chi connectivity index (χ0n) is 19.9. The molecule has 3 aliphatic carbocycles. The second kappa shape index (κ2) is 9.61. The van der Waals surface area contributed by atoms with E-state index in [0.29, 0.717) is 29.9 Å². The number of anilines is 1.